The Morgan fingerprint density at radius 3 is 2.48 bits per heavy atom. The van der Waals surface area contributed by atoms with Crippen molar-refractivity contribution in [2.45, 2.75) is 29.9 Å². The Labute approximate surface area is 123 Å². The zero-order valence-electron chi connectivity index (χ0n) is 11.7. The fourth-order valence-electron chi connectivity index (χ4n) is 1.74. The summed E-state index contributed by atoms with van der Waals surface area (Å²) in [5.74, 6) is -0.369. The Hall–Kier alpha value is -1.48. The number of sulfonamides is 1. The molecule has 0 radical (unpaired) electrons. The third-order valence-corrected chi connectivity index (χ3v) is 4.66. The number of hydrogen-bond donors (Lipinski definition) is 3. The van der Waals surface area contributed by atoms with E-state index >= 15 is 0 Å². The van der Waals surface area contributed by atoms with Crippen LogP contribution in [0.2, 0.25) is 0 Å². The predicted octanol–water partition coefficient (Wildman–Crippen LogP) is 0.0395. The molecule has 2 rings (SSSR count). The lowest BCUT2D eigenvalue weighted by molar-refractivity contribution is -0.125. The summed E-state index contributed by atoms with van der Waals surface area (Å²) >= 11 is 0. The molecule has 1 aliphatic rings. The van der Waals surface area contributed by atoms with E-state index in [0.29, 0.717) is 5.69 Å². The molecule has 8 heteroatoms. The number of ether oxygens (including phenoxy) is 1. The first-order valence-corrected chi connectivity index (χ1v) is 8.10. The maximum absolute atomic E-state index is 12.0. The van der Waals surface area contributed by atoms with Gasteiger partial charge in [0.05, 0.1) is 4.90 Å². The SMILES string of the molecule is COC(CN)C(=O)Nc1ccc(S(=O)(=O)NC2CC2)cc1. The Bertz CT molecular complexity index is 592. The molecule has 1 aliphatic carbocycles. The Kier molecular flexibility index (Phi) is 4.94. The highest BCUT2D eigenvalue weighted by atomic mass is 32.2. The molecule has 0 spiro atoms. The minimum Gasteiger partial charge on any atom is -0.370 e. The summed E-state index contributed by atoms with van der Waals surface area (Å²) in [5.41, 5.74) is 5.88. The molecule has 21 heavy (non-hydrogen) atoms. The van der Waals surface area contributed by atoms with Gasteiger partial charge < -0.3 is 15.8 Å². The van der Waals surface area contributed by atoms with Crippen molar-refractivity contribution in [1.82, 2.24) is 4.72 Å². The van der Waals surface area contributed by atoms with Gasteiger partial charge in [-0.1, -0.05) is 0 Å². The van der Waals surface area contributed by atoms with Crippen LogP contribution in [0.3, 0.4) is 0 Å². The monoisotopic (exact) mass is 313 g/mol. The minimum absolute atomic E-state index is 0.0568. The molecule has 1 aromatic carbocycles. The van der Waals surface area contributed by atoms with Crippen LogP contribution in [0.15, 0.2) is 29.2 Å². The lowest BCUT2D eigenvalue weighted by atomic mass is 10.3. The van der Waals surface area contributed by atoms with E-state index in [9.17, 15) is 13.2 Å². The topological polar surface area (TPSA) is 111 Å². The molecule has 0 heterocycles. The molecule has 1 atom stereocenters. The summed E-state index contributed by atoms with van der Waals surface area (Å²) in [7, 11) is -2.08. The number of amides is 1. The molecule has 1 saturated carbocycles. The van der Waals surface area contributed by atoms with E-state index < -0.39 is 16.1 Å². The number of rotatable bonds is 7. The van der Waals surface area contributed by atoms with Crippen LogP contribution in [0.25, 0.3) is 0 Å². The molecule has 1 amide bonds. The molecule has 4 N–H and O–H groups in total. The highest BCUT2D eigenvalue weighted by Gasteiger charge is 2.27. The van der Waals surface area contributed by atoms with Gasteiger partial charge in [0.15, 0.2) is 0 Å². The van der Waals surface area contributed by atoms with E-state index in [0.717, 1.165) is 12.8 Å². The van der Waals surface area contributed by atoms with Crippen molar-refractivity contribution in [1.29, 1.82) is 0 Å². The second-order valence-electron chi connectivity index (χ2n) is 4.87. The molecule has 7 nitrogen and oxygen atoms in total. The number of benzene rings is 1. The number of nitrogens with two attached hydrogens (primary N) is 1. The fraction of sp³-hybridized carbons (Fsp3) is 0.462. The van der Waals surface area contributed by atoms with Crippen LogP contribution >= 0.6 is 0 Å². The number of hydrogen-bond acceptors (Lipinski definition) is 5. The highest BCUT2D eigenvalue weighted by Crippen LogP contribution is 2.22. The van der Waals surface area contributed by atoms with Crippen molar-refractivity contribution in [3.8, 4) is 0 Å². The molecule has 0 bridgehead atoms. The number of anilines is 1. The summed E-state index contributed by atoms with van der Waals surface area (Å²) in [6, 6.07) is 6.02. The summed E-state index contributed by atoms with van der Waals surface area (Å²) in [6.07, 6.45) is 1.03. The van der Waals surface area contributed by atoms with E-state index in [4.69, 9.17) is 10.5 Å². The smallest absolute Gasteiger partial charge is 0.254 e. The Balaban J connectivity index is 2.03. The molecule has 1 unspecified atom stereocenters. The van der Waals surface area contributed by atoms with Crippen molar-refractivity contribution in [3.05, 3.63) is 24.3 Å². The van der Waals surface area contributed by atoms with Gasteiger partial charge in [-0.3, -0.25) is 4.79 Å². The van der Waals surface area contributed by atoms with Crippen molar-refractivity contribution >= 4 is 21.6 Å². The number of carbonyl (C=O) groups is 1. The van der Waals surface area contributed by atoms with Gasteiger partial charge in [0.1, 0.15) is 6.10 Å². The van der Waals surface area contributed by atoms with Crippen molar-refractivity contribution in [2.75, 3.05) is 19.0 Å². The second kappa shape index (κ2) is 6.52. The lowest BCUT2D eigenvalue weighted by Crippen LogP contribution is -2.35. The summed E-state index contributed by atoms with van der Waals surface area (Å²) in [4.78, 5) is 11.9. The maximum Gasteiger partial charge on any atom is 0.254 e. The first kappa shape index (κ1) is 15.9. The Morgan fingerprint density at radius 1 is 1.38 bits per heavy atom. The molecule has 1 fully saturated rings. The van der Waals surface area contributed by atoms with Crippen LogP contribution < -0.4 is 15.8 Å². The molecule has 0 saturated heterocycles. The van der Waals surface area contributed by atoms with Crippen LogP contribution in [0.4, 0.5) is 5.69 Å². The van der Waals surface area contributed by atoms with Crippen LogP contribution in [0, 0.1) is 0 Å². The predicted molar refractivity (Wildman–Crippen MR) is 78.3 cm³/mol. The van der Waals surface area contributed by atoms with Crippen molar-refractivity contribution in [2.24, 2.45) is 5.73 Å². The quantitative estimate of drug-likeness (QED) is 0.658. The zero-order chi connectivity index (χ0) is 15.5. The summed E-state index contributed by atoms with van der Waals surface area (Å²) < 4.78 is 31.5. The second-order valence-corrected chi connectivity index (χ2v) is 6.58. The first-order valence-electron chi connectivity index (χ1n) is 6.62. The Morgan fingerprint density at radius 2 is 2.00 bits per heavy atom. The van der Waals surface area contributed by atoms with Gasteiger partial charge in [0.2, 0.25) is 10.0 Å². The summed E-state index contributed by atoms with van der Waals surface area (Å²) in [5, 5.41) is 2.62. The molecular weight excluding hydrogens is 294 g/mol. The van der Waals surface area contributed by atoms with Gasteiger partial charge in [-0.25, -0.2) is 13.1 Å². The van der Waals surface area contributed by atoms with Crippen molar-refractivity contribution in [3.63, 3.8) is 0 Å². The molecule has 116 valence electrons. The lowest BCUT2D eigenvalue weighted by Gasteiger charge is -2.13. The van der Waals surface area contributed by atoms with E-state index in [1.807, 2.05) is 0 Å². The van der Waals surface area contributed by atoms with E-state index in [1.54, 1.807) is 0 Å². The summed E-state index contributed by atoms with van der Waals surface area (Å²) in [6.45, 7) is 0.0695. The molecule has 0 aromatic heterocycles. The van der Waals surface area contributed by atoms with Crippen LogP contribution in [0.1, 0.15) is 12.8 Å². The van der Waals surface area contributed by atoms with Gasteiger partial charge in [-0.2, -0.15) is 0 Å². The van der Waals surface area contributed by atoms with Crippen molar-refractivity contribution < 1.29 is 17.9 Å². The standard InChI is InChI=1S/C13H19N3O4S/c1-20-12(8-14)13(17)15-9-4-6-11(7-5-9)21(18,19)16-10-2-3-10/h4-7,10,12,16H,2-3,8,14H2,1H3,(H,15,17). The molecular formula is C13H19N3O4S. The number of carbonyl (C=O) groups excluding carboxylic acids is 1. The van der Waals surface area contributed by atoms with Gasteiger partial charge >= 0.3 is 0 Å². The molecule has 0 aliphatic heterocycles. The average molecular weight is 313 g/mol. The minimum atomic E-state index is -3.48. The zero-order valence-corrected chi connectivity index (χ0v) is 12.5. The van der Waals surface area contributed by atoms with E-state index in [-0.39, 0.29) is 23.4 Å². The normalized spacial score (nSPS) is 16.5. The fourth-order valence-corrected chi connectivity index (χ4v) is 3.04. The van der Waals surface area contributed by atoms with E-state index in [2.05, 4.69) is 10.0 Å². The number of nitrogens with one attached hydrogen (secondary N) is 2. The number of methoxy groups -OCH3 is 1. The largest absolute Gasteiger partial charge is 0.370 e. The van der Waals surface area contributed by atoms with Gasteiger partial charge in [-0.15, -0.1) is 0 Å². The third kappa shape index (κ3) is 4.24. The highest BCUT2D eigenvalue weighted by molar-refractivity contribution is 7.89. The van der Waals surface area contributed by atoms with Gasteiger partial charge in [-0.05, 0) is 37.1 Å². The first-order chi connectivity index (χ1) is 9.96. The van der Waals surface area contributed by atoms with Crippen LogP contribution in [0.5, 0.6) is 0 Å². The van der Waals surface area contributed by atoms with Gasteiger partial charge in [0, 0.05) is 25.4 Å². The van der Waals surface area contributed by atoms with Gasteiger partial charge in [0.25, 0.3) is 5.91 Å². The third-order valence-electron chi connectivity index (χ3n) is 3.12. The average Bonchev–Trinajstić information content (AvgIpc) is 3.24. The molecule has 1 aromatic rings. The van der Waals surface area contributed by atoms with Crippen LogP contribution in [-0.4, -0.2) is 40.1 Å². The van der Waals surface area contributed by atoms with E-state index in [1.165, 1.54) is 31.4 Å². The van der Waals surface area contributed by atoms with Crippen LogP contribution in [-0.2, 0) is 19.6 Å². The maximum atomic E-state index is 12.0.